The summed E-state index contributed by atoms with van der Waals surface area (Å²) in [6.07, 6.45) is 4.63. The summed E-state index contributed by atoms with van der Waals surface area (Å²) < 4.78 is 7.20. The standard InChI is InChI=1S/C16H26N6O2/c1-16(4-7-24-12-16)11-18-15(17-2)21-5-6-22(14(23)10-21)13-8-19-20(3)9-13/h8-9H,4-7,10-12H2,1-3H3,(H,17,18). The quantitative estimate of drug-likeness (QED) is 0.625. The number of anilines is 1. The van der Waals surface area contributed by atoms with Crippen molar-refractivity contribution in [2.75, 3.05) is 51.3 Å². The number of aryl methyl sites for hydroxylation is 1. The number of rotatable bonds is 3. The minimum Gasteiger partial charge on any atom is -0.381 e. The van der Waals surface area contributed by atoms with Crippen molar-refractivity contribution < 1.29 is 9.53 Å². The number of hydrogen-bond donors (Lipinski definition) is 1. The van der Waals surface area contributed by atoms with E-state index in [2.05, 4.69) is 22.3 Å². The highest BCUT2D eigenvalue weighted by Gasteiger charge is 2.32. The molecule has 2 aliphatic heterocycles. The van der Waals surface area contributed by atoms with E-state index in [1.807, 2.05) is 18.1 Å². The molecule has 1 aromatic rings. The number of nitrogens with one attached hydrogen (secondary N) is 1. The second kappa shape index (κ2) is 6.80. The molecule has 2 aliphatic rings. The average Bonchev–Trinajstić information content (AvgIpc) is 3.17. The van der Waals surface area contributed by atoms with E-state index in [4.69, 9.17) is 4.74 Å². The van der Waals surface area contributed by atoms with Gasteiger partial charge in [0.15, 0.2) is 5.96 Å². The molecule has 3 rings (SSSR count). The van der Waals surface area contributed by atoms with Crippen LogP contribution >= 0.6 is 0 Å². The molecule has 24 heavy (non-hydrogen) atoms. The Morgan fingerprint density at radius 2 is 2.33 bits per heavy atom. The van der Waals surface area contributed by atoms with Gasteiger partial charge in [-0.25, -0.2) is 0 Å². The largest absolute Gasteiger partial charge is 0.381 e. The Hall–Kier alpha value is -2.09. The first-order chi connectivity index (χ1) is 11.5. The monoisotopic (exact) mass is 334 g/mol. The summed E-state index contributed by atoms with van der Waals surface area (Å²) in [6.45, 7) is 6.30. The number of carbonyl (C=O) groups is 1. The summed E-state index contributed by atoms with van der Waals surface area (Å²) >= 11 is 0. The lowest BCUT2D eigenvalue weighted by atomic mass is 9.90. The lowest BCUT2D eigenvalue weighted by Crippen LogP contribution is -2.56. The third-order valence-electron chi connectivity index (χ3n) is 4.71. The minimum absolute atomic E-state index is 0.0626. The van der Waals surface area contributed by atoms with E-state index in [1.165, 1.54) is 0 Å². The number of carbonyl (C=O) groups excluding carboxylic acids is 1. The molecule has 0 saturated carbocycles. The highest BCUT2D eigenvalue weighted by molar-refractivity contribution is 5.98. The third-order valence-corrected chi connectivity index (χ3v) is 4.71. The first-order valence-electron chi connectivity index (χ1n) is 8.33. The van der Waals surface area contributed by atoms with Crippen molar-refractivity contribution in [3.05, 3.63) is 12.4 Å². The maximum absolute atomic E-state index is 12.5. The second-order valence-corrected chi connectivity index (χ2v) is 6.85. The van der Waals surface area contributed by atoms with Gasteiger partial charge in [-0.1, -0.05) is 6.92 Å². The molecule has 2 saturated heterocycles. The van der Waals surface area contributed by atoms with Crippen LogP contribution in [0.1, 0.15) is 13.3 Å². The van der Waals surface area contributed by atoms with Gasteiger partial charge >= 0.3 is 0 Å². The molecule has 0 spiro atoms. The molecule has 0 aliphatic carbocycles. The summed E-state index contributed by atoms with van der Waals surface area (Å²) in [5.74, 6) is 0.843. The van der Waals surface area contributed by atoms with Gasteiger partial charge in [0.2, 0.25) is 5.91 Å². The Balaban J connectivity index is 1.58. The molecule has 0 bridgehead atoms. The normalized spacial score (nSPS) is 25.5. The molecule has 2 fully saturated rings. The van der Waals surface area contributed by atoms with Crippen LogP contribution in [0.25, 0.3) is 0 Å². The van der Waals surface area contributed by atoms with Crippen molar-refractivity contribution in [1.29, 1.82) is 0 Å². The van der Waals surface area contributed by atoms with Crippen molar-refractivity contribution in [3.8, 4) is 0 Å². The molecule has 0 aromatic carbocycles. The molecule has 1 unspecified atom stereocenters. The molecule has 132 valence electrons. The predicted molar refractivity (Wildman–Crippen MR) is 92.0 cm³/mol. The summed E-state index contributed by atoms with van der Waals surface area (Å²) in [4.78, 5) is 20.6. The lowest BCUT2D eigenvalue weighted by Gasteiger charge is -2.36. The van der Waals surface area contributed by atoms with Crippen LogP contribution in [0.15, 0.2) is 17.4 Å². The van der Waals surface area contributed by atoms with Crippen molar-refractivity contribution in [2.24, 2.45) is 17.5 Å². The summed E-state index contributed by atoms with van der Waals surface area (Å²) in [6, 6.07) is 0. The maximum atomic E-state index is 12.5. The Labute approximate surface area is 142 Å². The van der Waals surface area contributed by atoms with Gasteiger partial charge in [-0.05, 0) is 6.42 Å². The second-order valence-electron chi connectivity index (χ2n) is 6.85. The molecule has 8 nitrogen and oxygen atoms in total. The minimum atomic E-state index is 0.0626. The van der Waals surface area contributed by atoms with Crippen molar-refractivity contribution >= 4 is 17.6 Å². The van der Waals surface area contributed by atoms with Crippen molar-refractivity contribution in [3.63, 3.8) is 0 Å². The van der Waals surface area contributed by atoms with Crippen molar-refractivity contribution in [1.82, 2.24) is 20.0 Å². The molecule has 8 heteroatoms. The van der Waals surface area contributed by atoms with Gasteiger partial charge in [0.25, 0.3) is 0 Å². The summed E-state index contributed by atoms with van der Waals surface area (Å²) in [7, 11) is 3.61. The molecule has 1 atom stereocenters. The van der Waals surface area contributed by atoms with Gasteiger partial charge in [0, 0.05) is 51.9 Å². The van der Waals surface area contributed by atoms with Crippen LogP contribution in [0.4, 0.5) is 5.69 Å². The van der Waals surface area contributed by atoms with E-state index in [0.717, 1.165) is 44.4 Å². The van der Waals surface area contributed by atoms with E-state index in [1.54, 1.807) is 22.8 Å². The first-order valence-corrected chi connectivity index (χ1v) is 8.33. The van der Waals surface area contributed by atoms with Gasteiger partial charge in [0.1, 0.15) is 6.54 Å². The topological polar surface area (TPSA) is 75.0 Å². The fourth-order valence-corrected chi connectivity index (χ4v) is 3.15. The third kappa shape index (κ3) is 3.53. The summed E-state index contributed by atoms with van der Waals surface area (Å²) in [5.41, 5.74) is 0.984. The Morgan fingerprint density at radius 3 is 2.92 bits per heavy atom. The van der Waals surface area contributed by atoms with E-state index >= 15 is 0 Å². The van der Waals surface area contributed by atoms with Crippen LogP contribution in [0.3, 0.4) is 0 Å². The zero-order valence-corrected chi connectivity index (χ0v) is 14.7. The Kier molecular flexibility index (Phi) is 4.75. The van der Waals surface area contributed by atoms with E-state index in [-0.39, 0.29) is 11.3 Å². The zero-order valence-electron chi connectivity index (χ0n) is 14.7. The Morgan fingerprint density at radius 1 is 1.50 bits per heavy atom. The summed E-state index contributed by atoms with van der Waals surface area (Å²) in [5, 5.41) is 7.55. The van der Waals surface area contributed by atoms with E-state index in [0.29, 0.717) is 13.1 Å². The van der Waals surface area contributed by atoms with Crippen LogP contribution in [0, 0.1) is 5.41 Å². The highest BCUT2D eigenvalue weighted by Crippen LogP contribution is 2.26. The molecule has 0 radical (unpaired) electrons. The van der Waals surface area contributed by atoms with Gasteiger partial charge in [-0.2, -0.15) is 5.10 Å². The molecule has 1 aromatic heterocycles. The van der Waals surface area contributed by atoms with Crippen LogP contribution in [-0.2, 0) is 16.6 Å². The lowest BCUT2D eigenvalue weighted by molar-refractivity contribution is -0.120. The zero-order chi connectivity index (χ0) is 17.2. The first kappa shape index (κ1) is 16.8. The van der Waals surface area contributed by atoms with Crippen molar-refractivity contribution in [2.45, 2.75) is 13.3 Å². The number of nitrogens with zero attached hydrogens (tertiary/aromatic N) is 5. The van der Waals surface area contributed by atoms with Crippen LogP contribution in [0.5, 0.6) is 0 Å². The molecular formula is C16H26N6O2. The number of aliphatic imine (C=N–C) groups is 1. The molecule has 1 amide bonds. The fraction of sp³-hybridized carbons (Fsp3) is 0.688. The fourth-order valence-electron chi connectivity index (χ4n) is 3.15. The van der Waals surface area contributed by atoms with Gasteiger partial charge in [0.05, 0.1) is 18.5 Å². The van der Waals surface area contributed by atoms with Crippen LogP contribution in [-0.4, -0.2) is 73.0 Å². The highest BCUT2D eigenvalue weighted by atomic mass is 16.5. The number of amides is 1. The Bertz CT molecular complexity index is 620. The van der Waals surface area contributed by atoms with E-state index < -0.39 is 0 Å². The smallest absolute Gasteiger partial charge is 0.246 e. The average molecular weight is 334 g/mol. The van der Waals surface area contributed by atoms with Gasteiger partial charge < -0.3 is 19.9 Å². The molecule has 1 N–H and O–H groups in total. The van der Waals surface area contributed by atoms with Gasteiger partial charge in [-0.15, -0.1) is 0 Å². The molecule has 3 heterocycles. The van der Waals surface area contributed by atoms with Crippen LogP contribution in [0.2, 0.25) is 0 Å². The van der Waals surface area contributed by atoms with Gasteiger partial charge in [-0.3, -0.25) is 14.5 Å². The number of piperazine rings is 1. The number of aromatic nitrogens is 2. The number of hydrogen-bond acceptors (Lipinski definition) is 4. The number of ether oxygens (including phenoxy) is 1. The predicted octanol–water partition coefficient (Wildman–Crippen LogP) is 0.0707. The molecular weight excluding hydrogens is 308 g/mol. The van der Waals surface area contributed by atoms with E-state index in [9.17, 15) is 4.79 Å². The van der Waals surface area contributed by atoms with Crippen LogP contribution < -0.4 is 10.2 Å². The SMILES string of the molecule is CN=C(NCC1(C)CCOC1)N1CCN(c2cnn(C)c2)C(=O)C1. The maximum Gasteiger partial charge on any atom is 0.246 e. The number of guanidine groups is 1.